The minimum absolute atomic E-state index is 0.149. The second kappa shape index (κ2) is 6.94. The van der Waals surface area contributed by atoms with Crippen LogP contribution in [-0.4, -0.2) is 36.0 Å². The lowest BCUT2D eigenvalue weighted by Crippen LogP contribution is -2.41. The van der Waals surface area contributed by atoms with E-state index in [9.17, 15) is 4.79 Å². The van der Waals surface area contributed by atoms with Crippen LogP contribution < -0.4 is 0 Å². The first-order valence-electron chi connectivity index (χ1n) is 7.61. The summed E-state index contributed by atoms with van der Waals surface area (Å²) in [6.07, 6.45) is 2.29. The maximum atomic E-state index is 12.1. The standard InChI is InChI=1S/C17H25NO3/c1-17(2,3)21-16(19)18-12-7-10-15(18)20-13-11-14-8-5-4-6-9-14/h4-6,8-9,15H,7,10-13H2,1-3H3. The summed E-state index contributed by atoms with van der Waals surface area (Å²) in [7, 11) is 0. The molecule has 1 aliphatic rings. The number of carbonyl (C=O) groups is 1. The molecule has 0 aliphatic carbocycles. The fourth-order valence-corrected chi connectivity index (χ4v) is 2.40. The van der Waals surface area contributed by atoms with E-state index < -0.39 is 5.60 Å². The van der Waals surface area contributed by atoms with Gasteiger partial charge in [0.05, 0.1) is 6.61 Å². The van der Waals surface area contributed by atoms with Gasteiger partial charge < -0.3 is 9.47 Å². The zero-order chi connectivity index (χ0) is 15.3. The quantitative estimate of drug-likeness (QED) is 0.850. The number of benzene rings is 1. The van der Waals surface area contributed by atoms with E-state index in [0.29, 0.717) is 13.2 Å². The number of nitrogens with zero attached hydrogens (tertiary/aromatic N) is 1. The Kier molecular flexibility index (Phi) is 5.23. The number of ether oxygens (including phenoxy) is 2. The third kappa shape index (κ3) is 5.05. The van der Waals surface area contributed by atoms with Crippen LogP contribution >= 0.6 is 0 Å². The van der Waals surface area contributed by atoms with Gasteiger partial charge in [0.15, 0.2) is 0 Å². The molecule has 2 rings (SSSR count). The molecule has 4 nitrogen and oxygen atoms in total. The first-order chi connectivity index (χ1) is 9.96. The van der Waals surface area contributed by atoms with Gasteiger partial charge >= 0.3 is 6.09 Å². The van der Waals surface area contributed by atoms with Crippen LogP contribution in [0.15, 0.2) is 30.3 Å². The lowest BCUT2D eigenvalue weighted by atomic mass is 10.2. The van der Waals surface area contributed by atoms with E-state index in [2.05, 4.69) is 12.1 Å². The number of amides is 1. The summed E-state index contributed by atoms with van der Waals surface area (Å²) in [6.45, 7) is 6.98. The normalized spacial score (nSPS) is 18.8. The topological polar surface area (TPSA) is 38.8 Å². The Morgan fingerprint density at radius 3 is 2.67 bits per heavy atom. The van der Waals surface area contributed by atoms with Crippen molar-refractivity contribution in [3.05, 3.63) is 35.9 Å². The maximum absolute atomic E-state index is 12.1. The SMILES string of the molecule is CC(C)(C)OC(=O)N1CCCC1OCCc1ccccc1. The molecule has 1 aliphatic heterocycles. The summed E-state index contributed by atoms with van der Waals surface area (Å²) in [5.74, 6) is 0. The molecule has 0 bridgehead atoms. The number of carbonyl (C=O) groups excluding carboxylic acids is 1. The molecule has 0 aromatic heterocycles. The Morgan fingerprint density at radius 2 is 2.00 bits per heavy atom. The van der Waals surface area contributed by atoms with Crippen molar-refractivity contribution in [3.63, 3.8) is 0 Å². The number of hydrogen-bond donors (Lipinski definition) is 0. The van der Waals surface area contributed by atoms with Crippen molar-refractivity contribution in [2.75, 3.05) is 13.2 Å². The van der Waals surface area contributed by atoms with E-state index in [1.54, 1.807) is 4.90 Å². The van der Waals surface area contributed by atoms with Crippen molar-refractivity contribution in [2.24, 2.45) is 0 Å². The second-order valence-corrected chi connectivity index (χ2v) is 6.38. The van der Waals surface area contributed by atoms with Gasteiger partial charge in [-0.15, -0.1) is 0 Å². The molecule has 4 heteroatoms. The van der Waals surface area contributed by atoms with Gasteiger partial charge in [-0.25, -0.2) is 4.79 Å². The molecule has 1 atom stereocenters. The van der Waals surface area contributed by atoms with Gasteiger partial charge in [0.2, 0.25) is 0 Å². The highest BCUT2D eigenvalue weighted by molar-refractivity contribution is 5.68. The van der Waals surface area contributed by atoms with E-state index in [4.69, 9.17) is 9.47 Å². The fourth-order valence-electron chi connectivity index (χ4n) is 2.40. The lowest BCUT2D eigenvalue weighted by Gasteiger charge is -2.28. The number of hydrogen-bond acceptors (Lipinski definition) is 3. The van der Waals surface area contributed by atoms with Crippen LogP contribution in [0.2, 0.25) is 0 Å². The van der Waals surface area contributed by atoms with E-state index in [0.717, 1.165) is 19.3 Å². The minimum Gasteiger partial charge on any atom is -0.444 e. The van der Waals surface area contributed by atoms with E-state index in [1.165, 1.54) is 5.56 Å². The first kappa shape index (κ1) is 15.8. The second-order valence-electron chi connectivity index (χ2n) is 6.38. The third-order valence-corrected chi connectivity index (χ3v) is 3.37. The Balaban J connectivity index is 1.80. The first-order valence-corrected chi connectivity index (χ1v) is 7.61. The molecule has 0 spiro atoms. The van der Waals surface area contributed by atoms with Gasteiger partial charge in [-0.3, -0.25) is 4.90 Å². The van der Waals surface area contributed by atoms with Crippen LogP contribution in [0.25, 0.3) is 0 Å². The summed E-state index contributed by atoms with van der Waals surface area (Å²) in [6, 6.07) is 10.2. The Morgan fingerprint density at radius 1 is 1.29 bits per heavy atom. The molecule has 0 saturated carbocycles. The smallest absolute Gasteiger partial charge is 0.412 e. The lowest BCUT2D eigenvalue weighted by molar-refractivity contribution is -0.0479. The summed E-state index contributed by atoms with van der Waals surface area (Å²) >= 11 is 0. The van der Waals surface area contributed by atoms with Crippen molar-refractivity contribution in [3.8, 4) is 0 Å². The molecule has 1 aromatic rings. The molecular formula is C17H25NO3. The van der Waals surface area contributed by atoms with E-state index in [-0.39, 0.29) is 12.3 Å². The Bertz CT molecular complexity index is 453. The summed E-state index contributed by atoms with van der Waals surface area (Å²) < 4.78 is 11.3. The highest BCUT2D eigenvalue weighted by Gasteiger charge is 2.32. The monoisotopic (exact) mass is 291 g/mol. The Hall–Kier alpha value is -1.55. The molecule has 0 N–H and O–H groups in total. The fraction of sp³-hybridized carbons (Fsp3) is 0.588. The minimum atomic E-state index is -0.464. The summed E-state index contributed by atoms with van der Waals surface area (Å²) in [4.78, 5) is 13.8. The highest BCUT2D eigenvalue weighted by atomic mass is 16.6. The molecule has 21 heavy (non-hydrogen) atoms. The van der Waals surface area contributed by atoms with Crippen molar-refractivity contribution in [2.45, 2.75) is 51.9 Å². The predicted octanol–water partition coefficient (Wildman–Crippen LogP) is 3.60. The van der Waals surface area contributed by atoms with Gasteiger partial charge in [-0.2, -0.15) is 0 Å². The van der Waals surface area contributed by atoms with Gasteiger partial charge in [-0.05, 0) is 45.6 Å². The van der Waals surface area contributed by atoms with Gasteiger partial charge in [0.1, 0.15) is 11.8 Å². The molecule has 1 heterocycles. The average molecular weight is 291 g/mol. The van der Waals surface area contributed by atoms with Gasteiger partial charge in [-0.1, -0.05) is 30.3 Å². The summed E-state index contributed by atoms with van der Waals surface area (Å²) in [5, 5.41) is 0. The molecular weight excluding hydrogens is 266 g/mol. The van der Waals surface area contributed by atoms with Gasteiger partial charge in [0, 0.05) is 6.54 Å². The molecule has 1 amide bonds. The third-order valence-electron chi connectivity index (χ3n) is 3.37. The molecule has 0 radical (unpaired) electrons. The van der Waals surface area contributed by atoms with Crippen LogP contribution in [0.1, 0.15) is 39.2 Å². The van der Waals surface area contributed by atoms with Gasteiger partial charge in [0.25, 0.3) is 0 Å². The largest absolute Gasteiger partial charge is 0.444 e. The predicted molar refractivity (Wildman–Crippen MR) is 82.1 cm³/mol. The molecule has 1 fully saturated rings. The van der Waals surface area contributed by atoms with Crippen molar-refractivity contribution < 1.29 is 14.3 Å². The molecule has 1 saturated heterocycles. The average Bonchev–Trinajstić information content (AvgIpc) is 2.86. The number of rotatable bonds is 4. The summed E-state index contributed by atoms with van der Waals surface area (Å²) in [5.41, 5.74) is 0.785. The van der Waals surface area contributed by atoms with Crippen molar-refractivity contribution in [1.29, 1.82) is 0 Å². The van der Waals surface area contributed by atoms with Crippen LogP contribution in [0.3, 0.4) is 0 Å². The van der Waals surface area contributed by atoms with E-state index in [1.807, 2.05) is 39.0 Å². The van der Waals surface area contributed by atoms with Crippen LogP contribution in [0.4, 0.5) is 4.79 Å². The zero-order valence-electron chi connectivity index (χ0n) is 13.2. The van der Waals surface area contributed by atoms with Crippen molar-refractivity contribution >= 4 is 6.09 Å². The van der Waals surface area contributed by atoms with E-state index >= 15 is 0 Å². The Labute approximate surface area is 127 Å². The number of likely N-dealkylation sites (tertiary alicyclic amines) is 1. The van der Waals surface area contributed by atoms with Crippen LogP contribution in [0, 0.1) is 0 Å². The molecule has 1 aromatic carbocycles. The van der Waals surface area contributed by atoms with Crippen LogP contribution in [0.5, 0.6) is 0 Å². The zero-order valence-corrected chi connectivity index (χ0v) is 13.2. The molecule has 1 unspecified atom stereocenters. The molecule has 116 valence electrons. The maximum Gasteiger partial charge on any atom is 0.412 e. The van der Waals surface area contributed by atoms with Crippen LogP contribution in [-0.2, 0) is 15.9 Å². The highest BCUT2D eigenvalue weighted by Crippen LogP contribution is 2.21. The van der Waals surface area contributed by atoms with Crippen molar-refractivity contribution in [1.82, 2.24) is 4.90 Å².